The van der Waals surface area contributed by atoms with Gasteiger partial charge in [-0.2, -0.15) is 0 Å². The van der Waals surface area contributed by atoms with Gasteiger partial charge in [-0.15, -0.1) is 24.0 Å². The van der Waals surface area contributed by atoms with Crippen LogP contribution in [0.3, 0.4) is 0 Å². The topological polar surface area (TPSA) is 99.6 Å². The molecule has 1 saturated heterocycles. The highest BCUT2D eigenvalue weighted by Gasteiger charge is 2.58. The predicted octanol–water partition coefficient (Wildman–Crippen LogP) is 0.875. The van der Waals surface area contributed by atoms with Gasteiger partial charge < -0.3 is 10.6 Å². The summed E-state index contributed by atoms with van der Waals surface area (Å²) >= 11 is 0. The number of aromatic nitrogens is 2. The van der Waals surface area contributed by atoms with Gasteiger partial charge in [0.05, 0.1) is 24.1 Å². The number of carbonyl (C=O) groups is 2. The fraction of sp³-hybridized carbons (Fsp3) is 0.526. The second-order valence-electron chi connectivity index (χ2n) is 7.28. The van der Waals surface area contributed by atoms with E-state index in [0.717, 1.165) is 17.9 Å². The molecular formula is C19H25IN6O2. The number of guanidine groups is 1. The number of nitrogens with zero attached hydrogens (tertiary/aromatic N) is 4. The maximum absolute atomic E-state index is 12.7. The molecule has 0 radical (unpaired) electrons. The first-order valence-corrected chi connectivity index (χ1v) is 9.35. The van der Waals surface area contributed by atoms with Gasteiger partial charge in [0, 0.05) is 26.3 Å². The van der Waals surface area contributed by atoms with E-state index in [-0.39, 0.29) is 59.5 Å². The average molecular weight is 496 g/mol. The number of hydrogen-bond acceptors (Lipinski definition) is 5. The van der Waals surface area contributed by atoms with Crippen LogP contribution in [-0.2, 0) is 16.1 Å². The standard InChI is InChI=1S/C19H24N6O2.HI/c1-11-21-6-5-14(24-11)10-23-19(20-2)22-7-8-25-17(26)15-12-3-4-13(9-12)16(15)18(25)27;/h3-6,12-13,15-16H,7-10H2,1-2H3,(H2,20,22,23);1H. The minimum Gasteiger partial charge on any atom is -0.355 e. The number of aliphatic imine (C=N–C) groups is 1. The van der Waals surface area contributed by atoms with Crippen LogP contribution < -0.4 is 10.6 Å². The maximum Gasteiger partial charge on any atom is 0.233 e. The van der Waals surface area contributed by atoms with Crippen molar-refractivity contribution in [1.82, 2.24) is 25.5 Å². The van der Waals surface area contributed by atoms with Crippen molar-refractivity contribution in [2.75, 3.05) is 20.1 Å². The fourth-order valence-corrected chi connectivity index (χ4v) is 4.47. The highest BCUT2D eigenvalue weighted by molar-refractivity contribution is 14.0. The van der Waals surface area contributed by atoms with E-state index in [1.165, 1.54) is 4.90 Å². The van der Waals surface area contributed by atoms with Crippen LogP contribution in [0.2, 0.25) is 0 Å². The van der Waals surface area contributed by atoms with Gasteiger partial charge in [-0.3, -0.25) is 19.5 Å². The average Bonchev–Trinajstić information content (AvgIpc) is 3.34. The summed E-state index contributed by atoms with van der Waals surface area (Å²) in [6.45, 7) is 3.18. The minimum absolute atomic E-state index is 0. The van der Waals surface area contributed by atoms with Crippen LogP contribution in [0, 0.1) is 30.6 Å². The van der Waals surface area contributed by atoms with Crippen LogP contribution in [0.4, 0.5) is 0 Å². The highest BCUT2D eigenvalue weighted by atomic mass is 127. The van der Waals surface area contributed by atoms with E-state index >= 15 is 0 Å². The Morgan fingerprint density at radius 2 is 1.89 bits per heavy atom. The highest BCUT2D eigenvalue weighted by Crippen LogP contribution is 2.52. The first-order valence-electron chi connectivity index (χ1n) is 9.35. The molecule has 2 N–H and O–H groups in total. The Balaban J connectivity index is 0.00000225. The lowest BCUT2D eigenvalue weighted by Gasteiger charge is -2.18. The SMILES string of the molecule is CN=C(NCCN1C(=O)C2C3C=CC(C3)C2C1=O)NCc1ccnc(C)n1.I. The lowest BCUT2D eigenvalue weighted by Crippen LogP contribution is -2.43. The summed E-state index contributed by atoms with van der Waals surface area (Å²) < 4.78 is 0. The number of imide groups is 1. The molecule has 4 unspecified atom stereocenters. The van der Waals surface area contributed by atoms with Crippen LogP contribution in [0.15, 0.2) is 29.4 Å². The van der Waals surface area contributed by atoms with E-state index in [4.69, 9.17) is 0 Å². The Morgan fingerprint density at radius 3 is 2.50 bits per heavy atom. The third-order valence-corrected chi connectivity index (χ3v) is 5.68. The zero-order chi connectivity index (χ0) is 19.0. The van der Waals surface area contributed by atoms with Crippen molar-refractivity contribution in [3.63, 3.8) is 0 Å². The number of amides is 2. The molecule has 2 fully saturated rings. The van der Waals surface area contributed by atoms with Gasteiger partial charge in [-0.05, 0) is 31.2 Å². The fourth-order valence-electron chi connectivity index (χ4n) is 4.47. The Morgan fingerprint density at radius 1 is 1.21 bits per heavy atom. The van der Waals surface area contributed by atoms with Crippen LogP contribution in [0.5, 0.6) is 0 Å². The van der Waals surface area contributed by atoms with E-state index in [1.54, 1.807) is 13.2 Å². The normalized spacial score (nSPS) is 27.8. The molecule has 8 nitrogen and oxygen atoms in total. The Kier molecular flexibility index (Phi) is 6.31. The summed E-state index contributed by atoms with van der Waals surface area (Å²) in [6.07, 6.45) is 6.90. The van der Waals surface area contributed by atoms with Crippen molar-refractivity contribution in [1.29, 1.82) is 0 Å². The molecule has 1 aromatic heterocycles. The first kappa shape index (κ1) is 20.7. The van der Waals surface area contributed by atoms with Gasteiger partial charge in [0.1, 0.15) is 5.82 Å². The monoisotopic (exact) mass is 496 g/mol. The number of likely N-dealkylation sites (tertiary alicyclic amines) is 1. The number of hydrogen-bond donors (Lipinski definition) is 2. The number of halogens is 1. The Hall–Kier alpha value is -2.04. The largest absolute Gasteiger partial charge is 0.355 e. The van der Waals surface area contributed by atoms with Crippen LogP contribution in [-0.4, -0.2) is 52.8 Å². The lowest BCUT2D eigenvalue weighted by molar-refractivity contribution is -0.140. The van der Waals surface area contributed by atoms with Gasteiger partial charge in [0.2, 0.25) is 11.8 Å². The summed E-state index contributed by atoms with van der Waals surface area (Å²) in [5.41, 5.74) is 0.867. The summed E-state index contributed by atoms with van der Waals surface area (Å²) in [6, 6.07) is 1.84. The number of aryl methyl sites for hydroxylation is 1. The van der Waals surface area contributed by atoms with Crippen molar-refractivity contribution in [3.8, 4) is 0 Å². The van der Waals surface area contributed by atoms with Crippen LogP contribution >= 0.6 is 24.0 Å². The molecular weight excluding hydrogens is 471 g/mol. The molecule has 2 amide bonds. The maximum atomic E-state index is 12.7. The second-order valence-corrected chi connectivity index (χ2v) is 7.28. The van der Waals surface area contributed by atoms with E-state index in [9.17, 15) is 9.59 Å². The zero-order valence-corrected chi connectivity index (χ0v) is 18.3. The third-order valence-electron chi connectivity index (χ3n) is 5.68. The zero-order valence-electron chi connectivity index (χ0n) is 16.0. The molecule has 2 aliphatic carbocycles. The summed E-state index contributed by atoms with van der Waals surface area (Å²) in [5.74, 6) is 1.54. The molecule has 4 rings (SSSR count). The minimum atomic E-state index is -0.133. The second kappa shape index (κ2) is 8.54. The first-order chi connectivity index (χ1) is 13.1. The van der Waals surface area contributed by atoms with Gasteiger partial charge >= 0.3 is 0 Å². The van der Waals surface area contributed by atoms with Gasteiger partial charge in [-0.25, -0.2) is 9.97 Å². The van der Waals surface area contributed by atoms with Crippen LogP contribution in [0.25, 0.3) is 0 Å². The number of nitrogens with one attached hydrogen (secondary N) is 2. The smallest absolute Gasteiger partial charge is 0.233 e. The Labute approximate surface area is 181 Å². The van der Waals surface area contributed by atoms with Crippen molar-refractivity contribution in [2.45, 2.75) is 19.9 Å². The van der Waals surface area contributed by atoms with E-state index in [0.29, 0.717) is 25.6 Å². The number of fused-ring (bicyclic) bond motifs is 5. The molecule has 150 valence electrons. The molecule has 4 atom stereocenters. The van der Waals surface area contributed by atoms with Crippen molar-refractivity contribution < 1.29 is 9.59 Å². The molecule has 0 spiro atoms. The molecule has 1 saturated carbocycles. The molecule has 1 aliphatic heterocycles. The summed E-state index contributed by atoms with van der Waals surface area (Å²) in [7, 11) is 1.68. The number of allylic oxidation sites excluding steroid dienone is 2. The predicted molar refractivity (Wildman–Crippen MR) is 115 cm³/mol. The Bertz CT molecular complexity index is 796. The van der Waals surface area contributed by atoms with Crippen molar-refractivity contribution in [3.05, 3.63) is 35.9 Å². The lowest BCUT2D eigenvalue weighted by atomic mass is 9.85. The number of carbonyl (C=O) groups excluding carboxylic acids is 2. The van der Waals surface area contributed by atoms with Crippen molar-refractivity contribution in [2.24, 2.45) is 28.7 Å². The molecule has 1 aromatic rings. The molecule has 2 heterocycles. The molecule has 3 aliphatic rings. The molecule has 9 heteroatoms. The summed E-state index contributed by atoms with van der Waals surface area (Å²) in [5, 5.41) is 6.33. The van der Waals surface area contributed by atoms with Gasteiger partial charge in [-0.1, -0.05) is 12.2 Å². The third kappa shape index (κ3) is 3.76. The van der Waals surface area contributed by atoms with E-state index < -0.39 is 0 Å². The van der Waals surface area contributed by atoms with E-state index in [2.05, 4.69) is 37.7 Å². The van der Waals surface area contributed by atoms with E-state index in [1.807, 2.05) is 13.0 Å². The number of rotatable bonds is 5. The quantitative estimate of drug-likeness (QED) is 0.207. The van der Waals surface area contributed by atoms with Gasteiger partial charge in [0.15, 0.2) is 5.96 Å². The molecule has 0 aromatic carbocycles. The van der Waals surface area contributed by atoms with Gasteiger partial charge in [0.25, 0.3) is 0 Å². The van der Waals surface area contributed by atoms with Crippen LogP contribution in [0.1, 0.15) is 17.9 Å². The molecule has 2 bridgehead atoms. The van der Waals surface area contributed by atoms with Crippen molar-refractivity contribution >= 4 is 41.8 Å². The summed E-state index contributed by atoms with van der Waals surface area (Å²) in [4.78, 5) is 39.3. The molecule has 28 heavy (non-hydrogen) atoms.